The molecule has 0 radical (unpaired) electrons. The average molecular weight is 329 g/mol. The number of amides is 1. The number of benzene rings is 1. The van der Waals surface area contributed by atoms with Gasteiger partial charge in [0.15, 0.2) is 0 Å². The summed E-state index contributed by atoms with van der Waals surface area (Å²) < 4.78 is 37.8. The van der Waals surface area contributed by atoms with Gasteiger partial charge in [0.2, 0.25) is 5.91 Å². The van der Waals surface area contributed by atoms with Crippen LogP contribution in [-0.4, -0.2) is 56.0 Å². The van der Waals surface area contributed by atoms with E-state index < -0.39 is 11.7 Å². The van der Waals surface area contributed by atoms with E-state index in [4.69, 9.17) is 0 Å². The van der Waals surface area contributed by atoms with E-state index in [1.807, 2.05) is 7.05 Å². The van der Waals surface area contributed by atoms with Crippen LogP contribution in [-0.2, 0) is 17.5 Å². The molecule has 1 aliphatic heterocycles. The molecule has 0 bridgehead atoms. The molecule has 1 atom stereocenters. The Labute approximate surface area is 134 Å². The van der Waals surface area contributed by atoms with Gasteiger partial charge in [-0.15, -0.1) is 0 Å². The van der Waals surface area contributed by atoms with E-state index in [1.165, 1.54) is 12.1 Å². The third-order valence-corrected chi connectivity index (χ3v) is 4.11. The van der Waals surface area contributed by atoms with Gasteiger partial charge in [0.1, 0.15) is 0 Å². The fraction of sp³-hybridized carbons (Fsp3) is 0.562. The van der Waals surface area contributed by atoms with E-state index in [0.29, 0.717) is 19.6 Å². The summed E-state index contributed by atoms with van der Waals surface area (Å²) in [5.41, 5.74) is 0.179. The summed E-state index contributed by atoms with van der Waals surface area (Å²) in [4.78, 5) is 16.1. The van der Waals surface area contributed by atoms with Crippen LogP contribution in [0.25, 0.3) is 0 Å². The summed E-state index contributed by atoms with van der Waals surface area (Å²) in [6.45, 7) is 3.44. The maximum absolute atomic E-state index is 12.6. The van der Waals surface area contributed by atoms with Crippen LogP contribution in [0.5, 0.6) is 0 Å². The zero-order chi connectivity index (χ0) is 17.0. The molecule has 1 aromatic rings. The van der Waals surface area contributed by atoms with Crippen molar-refractivity contribution in [2.45, 2.75) is 12.7 Å². The van der Waals surface area contributed by atoms with Gasteiger partial charge in [0.25, 0.3) is 0 Å². The van der Waals surface area contributed by atoms with Crippen molar-refractivity contribution in [3.63, 3.8) is 0 Å². The summed E-state index contributed by atoms with van der Waals surface area (Å²) in [7, 11) is 3.59. The van der Waals surface area contributed by atoms with Crippen LogP contribution in [0.3, 0.4) is 0 Å². The van der Waals surface area contributed by atoms with Crippen molar-refractivity contribution in [2.75, 3.05) is 40.3 Å². The van der Waals surface area contributed by atoms with Crippen LogP contribution in [0.1, 0.15) is 11.1 Å². The lowest BCUT2D eigenvalue weighted by Crippen LogP contribution is -2.39. The van der Waals surface area contributed by atoms with Gasteiger partial charge < -0.3 is 10.2 Å². The molecule has 0 spiro atoms. The van der Waals surface area contributed by atoms with Crippen molar-refractivity contribution >= 4 is 5.91 Å². The van der Waals surface area contributed by atoms with Crippen LogP contribution in [0.15, 0.2) is 24.3 Å². The monoisotopic (exact) mass is 329 g/mol. The van der Waals surface area contributed by atoms with E-state index >= 15 is 0 Å². The first-order valence-electron chi connectivity index (χ1n) is 7.58. The molecule has 1 aromatic carbocycles. The number of hydrogen-bond donors (Lipinski definition) is 1. The highest BCUT2D eigenvalue weighted by Gasteiger charge is 2.30. The lowest BCUT2D eigenvalue weighted by Gasteiger charge is -2.23. The molecule has 0 unspecified atom stereocenters. The number of hydrogen-bond acceptors (Lipinski definition) is 3. The number of likely N-dealkylation sites (N-methyl/N-ethyl adjacent to an activating group) is 1. The van der Waals surface area contributed by atoms with E-state index in [2.05, 4.69) is 15.1 Å². The second-order valence-electron chi connectivity index (χ2n) is 6.00. The van der Waals surface area contributed by atoms with Gasteiger partial charge in [-0.2, -0.15) is 13.2 Å². The van der Waals surface area contributed by atoms with Gasteiger partial charge in [-0.3, -0.25) is 9.69 Å². The minimum atomic E-state index is -4.31. The first-order chi connectivity index (χ1) is 10.8. The highest BCUT2D eigenvalue weighted by Crippen LogP contribution is 2.29. The third kappa shape index (κ3) is 4.94. The van der Waals surface area contributed by atoms with Crippen LogP contribution >= 0.6 is 0 Å². The molecule has 1 saturated heterocycles. The zero-order valence-corrected chi connectivity index (χ0v) is 13.4. The fourth-order valence-corrected chi connectivity index (χ4v) is 2.81. The van der Waals surface area contributed by atoms with Crippen molar-refractivity contribution in [1.29, 1.82) is 0 Å². The van der Waals surface area contributed by atoms with Crippen LogP contribution in [0.2, 0.25) is 0 Å². The Morgan fingerprint density at radius 3 is 2.43 bits per heavy atom. The molecule has 1 N–H and O–H groups in total. The lowest BCUT2D eigenvalue weighted by atomic mass is 10.1. The van der Waals surface area contributed by atoms with Gasteiger partial charge in [0, 0.05) is 39.8 Å². The Morgan fingerprint density at radius 2 is 1.87 bits per heavy atom. The Hall–Kier alpha value is -1.60. The maximum Gasteiger partial charge on any atom is 0.416 e. The van der Waals surface area contributed by atoms with E-state index in [1.54, 1.807) is 7.05 Å². The topological polar surface area (TPSA) is 35.6 Å². The highest BCUT2D eigenvalue weighted by atomic mass is 19.4. The Kier molecular flexibility index (Phi) is 5.64. The summed E-state index contributed by atoms with van der Waals surface area (Å²) in [6, 6.07) is 5.23. The molecule has 23 heavy (non-hydrogen) atoms. The second-order valence-corrected chi connectivity index (χ2v) is 6.00. The zero-order valence-electron chi connectivity index (χ0n) is 13.4. The minimum Gasteiger partial charge on any atom is -0.359 e. The number of nitrogens with zero attached hydrogens (tertiary/aromatic N) is 2. The molecular weight excluding hydrogens is 307 g/mol. The van der Waals surface area contributed by atoms with E-state index in [-0.39, 0.29) is 11.8 Å². The molecule has 4 nitrogen and oxygen atoms in total. The van der Waals surface area contributed by atoms with Crippen molar-refractivity contribution in [3.05, 3.63) is 35.4 Å². The molecule has 0 aromatic heterocycles. The number of alkyl halides is 3. The predicted molar refractivity (Wildman–Crippen MR) is 81.8 cm³/mol. The summed E-state index contributed by atoms with van der Waals surface area (Å²) in [5, 5.41) is 2.67. The van der Waals surface area contributed by atoms with Crippen LogP contribution < -0.4 is 5.32 Å². The number of rotatable bonds is 3. The van der Waals surface area contributed by atoms with Gasteiger partial charge >= 0.3 is 6.18 Å². The van der Waals surface area contributed by atoms with Crippen molar-refractivity contribution in [3.8, 4) is 0 Å². The summed E-state index contributed by atoms with van der Waals surface area (Å²) in [5.74, 6) is -0.141. The van der Waals surface area contributed by atoms with Gasteiger partial charge in [-0.05, 0) is 24.7 Å². The maximum atomic E-state index is 12.6. The smallest absolute Gasteiger partial charge is 0.359 e. The summed E-state index contributed by atoms with van der Waals surface area (Å²) >= 11 is 0. The quantitative estimate of drug-likeness (QED) is 0.919. The number of carbonyl (C=O) groups is 1. The normalized spacial score (nSPS) is 21.0. The lowest BCUT2D eigenvalue weighted by molar-refractivity contribution is -0.137. The van der Waals surface area contributed by atoms with Gasteiger partial charge in [-0.25, -0.2) is 0 Å². The number of halogens is 3. The summed E-state index contributed by atoms with van der Waals surface area (Å²) in [6.07, 6.45) is -4.31. The van der Waals surface area contributed by atoms with Crippen LogP contribution in [0.4, 0.5) is 13.2 Å². The van der Waals surface area contributed by atoms with Crippen LogP contribution in [0, 0.1) is 5.92 Å². The van der Waals surface area contributed by atoms with E-state index in [9.17, 15) is 18.0 Å². The predicted octanol–water partition coefficient (Wildman–Crippen LogP) is 1.82. The Bertz CT molecular complexity index is 530. The molecule has 1 aliphatic rings. The largest absolute Gasteiger partial charge is 0.416 e. The molecule has 2 rings (SSSR count). The van der Waals surface area contributed by atoms with Crippen molar-refractivity contribution in [2.24, 2.45) is 5.92 Å². The second kappa shape index (κ2) is 7.31. The Balaban J connectivity index is 2.04. The molecule has 1 amide bonds. The molecule has 1 heterocycles. The minimum absolute atomic E-state index is 0.00355. The number of carbonyl (C=O) groups excluding carboxylic acids is 1. The molecule has 0 aliphatic carbocycles. The molecule has 1 fully saturated rings. The molecular formula is C16H22F3N3O. The highest BCUT2D eigenvalue weighted by molar-refractivity contribution is 5.78. The van der Waals surface area contributed by atoms with Gasteiger partial charge in [0.05, 0.1) is 11.5 Å². The molecule has 128 valence electrons. The fourth-order valence-electron chi connectivity index (χ4n) is 2.81. The van der Waals surface area contributed by atoms with Crippen molar-refractivity contribution in [1.82, 2.24) is 15.1 Å². The average Bonchev–Trinajstić information content (AvgIpc) is 2.68. The van der Waals surface area contributed by atoms with Crippen molar-refractivity contribution < 1.29 is 18.0 Å². The van der Waals surface area contributed by atoms with Gasteiger partial charge in [-0.1, -0.05) is 12.1 Å². The standard InChI is InChI=1S/C16H22F3N3O/c1-20-15(23)13-10-21(2)7-8-22(11-13)9-12-3-5-14(6-4-12)16(17,18)19/h3-6,13H,7-11H2,1-2H3,(H,20,23)/t13-/m1/s1. The molecule has 0 saturated carbocycles. The SMILES string of the molecule is CNC(=O)[C@@H]1CN(C)CCN(Cc2ccc(C(F)(F)F)cc2)C1. The van der Waals surface area contributed by atoms with E-state index in [0.717, 1.165) is 30.8 Å². The first-order valence-corrected chi connectivity index (χ1v) is 7.58. The third-order valence-electron chi connectivity index (χ3n) is 4.11. The Morgan fingerprint density at radius 1 is 1.22 bits per heavy atom. The molecule has 7 heteroatoms. The first kappa shape index (κ1) is 17.7. The number of nitrogens with one attached hydrogen (secondary N) is 1.